The molecule has 1 aromatic carbocycles. The average Bonchev–Trinajstić information content (AvgIpc) is 2.47. The molecule has 4 heteroatoms. The Hall–Kier alpha value is -2.10. The molecule has 0 unspecified atom stereocenters. The lowest BCUT2D eigenvalue weighted by atomic mass is 10.1. The summed E-state index contributed by atoms with van der Waals surface area (Å²) in [6.07, 6.45) is 0.928. The third kappa shape index (κ3) is 2.90. The molecule has 2 aromatic rings. The van der Waals surface area contributed by atoms with Crippen molar-refractivity contribution in [1.29, 1.82) is 0 Å². The molecular weight excluding hydrogens is 250 g/mol. The van der Waals surface area contributed by atoms with Crippen molar-refractivity contribution in [2.24, 2.45) is 0 Å². The van der Waals surface area contributed by atoms with E-state index in [9.17, 15) is 0 Å². The summed E-state index contributed by atoms with van der Waals surface area (Å²) >= 11 is 0. The van der Waals surface area contributed by atoms with Gasteiger partial charge in [-0.15, -0.1) is 0 Å². The lowest BCUT2D eigenvalue weighted by Gasteiger charge is -2.13. The van der Waals surface area contributed by atoms with E-state index >= 15 is 0 Å². The summed E-state index contributed by atoms with van der Waals surface area (Å²) in [6, 6.07) is 7.81. The molecule has 0 spiro atoms. The molecule has 0 aliphatic heterocycles. The van der Waals surface area contributed by atoms with E-state index in [0.29, 0.717) is 0 Å². The first-order valence-electron chi connectivity index (χ1n) is 6.95. The summed E-state index contributed by atoms with van der Waals surface area (Å²) < 4.78 is 5.17. The fourth-order valence-corrected chi connectivity index (χ4v) is 2.20. The first-order valence-corrected chi connectivity index (χ1v) is 6.95. The fraction of sp³-hybridized carbons (Fsp3) is 0.375. The van der Waals surface area contributed by atoms with Crippen LogP contribution in [0.3, 0.4) is 0 Å². The van der Waals surface area contributed by atoms with E-state index in [-0.39, 0.29) is 0 Å². The van der Waals surface area contributed by atoms with Gasteiger partial charge in [-0.3, -0.25) is 0 Å². The second kappa shape index (κ2) is 6.37. The van der Waals surface area contributed by atoms with Crippen LogP contribution in [0.15, 0.2) is 24.3 Å². The number of aromatic nitrogens is 2. The Labute approximate surface area is 120 Å². The van der Waals surface area contributed by atoms with Gasteiger partial charge in [0, 0.05) is 23.4 Å². The third-order valence-corrected chi connectivity index (χ3v) is 3.26. The highest BCUT2D eigenvalue weighted by atomic mass is 16.5. The molecule has 0 fully saturated rings. The predicted molar refractivity (Wildman–Crippen MR) is 82.3 cm³/mol. The van der Waals surface area contributed by atoms with Crippen LogP contribution in [0, 0.1) is 6.92 Å². The molecule has 2 rings (SSSR count). The number of methoxy groups -OCH3 is 1. The van der Waals surface area contributed by atoms with E-state index in [1.165, 1.54) is 5.56 Å². The summed E-state index contributed by atoms with van der Waals surface area (Å²) in [5.74, 6) is 2.52. The van der Waals surface area contributed by atoms with Gasteiger partial charge in [0.05, 0.1) is 7.11 Å². The van der Waals surface area contributed by atoms with Gasteiger partial charge in [-0.05, 0) is 44.5 Å². The van der Waals surface area contributed by atoms with Crippen LogP contribution in [0.4, 0.5) is 5.82 Å². The van der Waals surface area contributed by atoms with E-state index in [4.69, 9.17) is 4.74 Å². The van der Waals surface area contributed by atoms with Crippen molar-refractivity contribution in [3.63, 3.8) is 0 Å². The first kappa shape index (κ1) is 14.3. The number of hydrogen-bond acceptors (Lipinski definition) is 4. The van der Waals surface area contributed by atoms with Crippen molar-refractivity contribution in [2.75, 3.05) is 19.0 Å². The minimum absolute atomic E-state index is 0.748. The summed E-state index contributed by atoms with van der Waals surface area (Å²) in [5, 5.41) is 3.32. The lowest BCUT2D eigenvalue weighted by Crippen LogP contribution is -2.07. The molecule has 1 aromatic heterocycles. The van der Waals surface area contributed by atoms with Crippen molar-refractivity contribution in [3.8, 4) is 17.1 Å². The van der Waals surface area contributed by atoms with Crippen molar-refractivity contribution in [1.82, 2.24) is 9.97 Å². The van der Waals surface area contributed by atoms with Gasteiger partial charge in [0.15, 0.2) is 5.82 Å². The molecule has 1 N–H and O–H groups in total. The van der Waals surface area contributed by atoms with Gasteiger partial charge < -0.3 is 10.1 Å². The number of ether oxygens (including phenoxy) is 1. The Balaban J connectivity index is 2.45. The van der Waals surface area contributed by atoms with Crippen LogP contribution in [-0.2, 0) is 6.42 Å². The van der Waals surface area contributed by atoms with Gasteiger partial charge in [0.25, 0.3) is 0 Å². The normalized spacial score (nSPS) is 10.4. The number of nitrogens with zero attached hydrogens (tertiary/aromatic N) is 2. The molecule has 0 radical (unpaired) electrons. The molecule has 0 aliphatic carbocycles. The van der Waals surface area contributed by atoms with Crippen LogP contribution in [0.25, 0.3) is 11.4 Å². The first-order chi connectivity index (χ1) is 9.69. The van der Waals surface area contributed by atoms with Crippen LogP contribution in [0.1, 0.15) is 25.1 Å². The predicted octanol–water partition coefficient (Wildman–Crippen LogP) is 3.45. The minimum Gasteiger partial charge on any atom is -0.497 e. The largest absolute Gasteiger partial charge is 0.497 e. The number of hydrogen-bond donors (Lipinski definition) is 1. The molecule has 20 heavy (non-hydrogen) atoms. The Morgan fingerprint density at radius 2 is 1.80 bits per heavy atom. The monoisotopic (exact) mass is 271 g/mol. The lowest BCUT2D eigenvalue weighted by molar-refractivity contribution is 0.415. The van der Waals surface area contributed by atoms with Gasteiger partial charge in [-0.1, -0.05) is 6.92 Å². The highest BCUT2D eigenvalue weighted by Crippen LogP contribution is 2.24. The summed E-state index contributed by atoms with van der Waals surface area (Å²) in [7, 11) is 1.66. The van der Waals surface area contributed by atoms with Gasteiger partial charge >= 0.3 is 0 Å². The highest BCUT2D eigenvalue weighted by molar-refractivity contribution is 5.60. The van der Waals surface area contributed by atoms with Crippen molar-refractivity contribution in [2.45, 2.75) is 27.2 Å². The van der Waals surface area contributed by atoms with E-state index in [1.807, 2.05) is 31.2 Å². The number of benzene rings is 1. The number of rotatable bonds is 5. The Bertz CT molecular complexity index is 579. The van der Waals surface area contributed by atoms with E-state index in [2.05, 4.69) is 29.1 Å². The van der Waals surface area contributed by atoms with E-state index in [1.54, 1.807) is 7.11 Å². The molecule has 0 atom stereocenters. The van der Waals surface area contributed by atoms with Crippen molar-refractivity contribution < 1.29 is 4.74 Å². The molecule has 0 bridgehead atoms. The zero-order valence-corrected chi connectivity index (χ0v) is 12.5. The second-order valence-electron chi connectivity index (χ2n) is 4.57. The van der Waals surface area contributed by atoms with E-state index in [0.717, 1.165) is 41.6 Å². The quantitative estimate of drug-likeness (QED) is 0.904. The summed E-state index contributed by atoms with van der Waals surface area (Å²) in [6.45, 7) is 7.09. The van der Waals surface area contributed by atoms with Gasteiger partial charge in [0.2, 0.25) is 0 Å². The maximum atomic E-state index is 5.17. The number of aryl methyl sites for hydroxylation is 1. The molecule has 0 saturated heterocycles. The number of anilines is 1. The fourth-order valence-electron chi connectivity index (χ4n) is 2.20. The number of nitrogens with one attached hydrogen (secondary N) is 1. The molecule has 0 amide bonds. The molecule has 0 aliphatic rings. The highest BCUT2D eigenvalue weighted by Gasteiger charge is 2.11. The van der Waals surface area contributed by atoms with Gasteiger partial charge in [0.1, 0.15) is 11.6 Å². The maximum absolute atomic E-state index is 5.17. The Morgan fingerprint density at radius 3 is 2.35 bits per heavy atom. The second-order valence-corrected chi connectivity index (χ2v) is 4.57. The van der Waals surface area contributed by atoms with Crippen LogP contribution in [-0.4, -0.2) is 23.6 Å². The van der Waals surface area contributed by atoms with Crippen molar-refractivity contribution >= 4 is 5.82 Å². The SMILES string of the molecule is CCNc1nc(-c2ccc(OC)cc2)nc(C)c1CC. The van der Waals surface area contributed by atoms with Crippen LogP contribution >= 0.6 is 0 Å². The Kier molecular flexibility index (Phi) is 4.56. The zero-order valence-electron chi connectivity index (χ0n) is 12.5. The molecular formula is C16H21N3O. The minimum atomic E-state index is 0.748. The smallest absolute Gasteiger partial charge is 0.161 e. The molecule has 4 nitrogen and oxygen atoms in total. The molecule has 0 saturated carbocycles. The van der Waals surface area contributed by atoms with Gasteiger partial charge in [-0.2, -0.15) is 0 Å². The maximum Gasteiger partial charge on any atom is 0.161 e. The van der Waals surface area contributed by atoms with Crippen LogP contribution in [0.5, 0.6) is 5.75 Å². The summed E-state index contributed by atoms with van der Waals surface area (Å²) in [5.41, 5.74) is 3.21. The van der Waals surface area contributed by atoms with Crippen molar-refractivity contribution in [3.05, 3.63) is 35.5 Å². The molecule has 106 valence electrons. The summed E-state index contributed by atoms with van der Waals surface area (Å²) in [4.78, 5) is 9.28. The zero-order chi connectivity index (χ0) is 14.5. The van der Waals surface area contributed by atoms with E-state index < -0.39 is 0 Å². The van der Waals surface area contributed by atoms with Crippen LogP contribution < -0.4 is 10.1 Å². The van der Waals surface area contributed by atoms with Crippen LogP contribution in [0.2, 0.25) is 0 Å². The van der Waals surface area contributed by atoms with Gasteiger partial charge in [-0.25, -0.2) is 9.97 Å². The third-order valence-electron chi connectivity index (χ3n) is 3.26. The Morgan fingerprint density at radius 1 is 1.10 bits per heavy atom. The molecule has 1 heterocycles. The average molecular weight is 271 g/mol. The standard InChI is InChI=1S/C16H21N3O/c1-5-14-11(3)18-15(19-16(14)17-6-2)12-7-9-13(20-4)10-8-12/h7-10H,5-6H2,1-4H3,(H,17,18,19). The topological polar surface area (TPSA) is 47.0 Å².